The highest BCUT2D eigenvalue weighted by atomic mass is 32.1. The quantitative estimate of drug-likeness (QED) is 0.404. The van der Waals surface area contributed by atoms with Gasteiger partial charge in [0.1, 0.15) is 12.6 Å². The number of carboxylic acid groups (broad SMARTS) is 1. The van der Waals surface area contributed by atoms with Crippen LogP contribution in [0.1, 0.15) is 5.56 Å². The lowest BCUT2D eigenvalue weighted by atomic mass is 10.2. The van der Waals surface area contributed by atoms with Crippen molar-refractivity contribution >= 4 is 30.6 Å². The molecule has 8 nitrogen and oxygen atoms in total. The first-order valence-electron chi connectivity index (χ1n) is 6.24. The Morgan fingerprint density at radius 3 is 2.50 bits per heavy atom. The molecule has 3 N–H and O–H groups in total. The molecule has 0 saturated heterocycles. The van der Waals surface area contributed by atoms with E-state index in [2.05, 4.69) is 22.8 Å². The Hall–Kier alpha value is -2.26. The maximum Gasteiger partial charge on any atom is 0.431 e. The summed E-state index contributed by atoms with van der Waals surface area (Å²) in [4.78, 5) is 37.9. The van der Waals surface area contributed by atoms with Gasteiger partial charge in [0.15, 0.2) is 6.61 Å². The van der Waals surface area contributed by atoms with E-state index in [0.717, 1.165) is 5.56 Å². The van der Waals surface area contributed by atoms with Gasteiger partial charge in [-0.2, -0.15) is 18.1 Å². The maximum absolute atomic E-state index is 11.4. The number of benzene rings is 1. The number of hydroxylamine groups is 1. The van der Waals surface area contributed by atoms with E-state index in [1.54, 1.807) is 24.3 Å². The second kappa shape index (κ2) is 9.64. The minimum absolute atomic E-state index is 0.0585. The zero-order chi connectivity index (χ0) is 16.4. The molecule has 1 aromatic rings. The Morgan fingerprint density at radius 1 is 1.23 bits per heavy atom. The highest BCUT2D eigenvalue weighted by Crippen LogP contribution is 2.00. The minimum atomic E-state index is -1.21. The number of nitrogens with one attached hydrogen (secondary N) is 2. The number of carbonyl (C=O) groups is 3. The Kier molecular flexibility index (Phi) is 7.79. The van der Waals surface area contributed by atoms with Crippen molar-refractivity contribution in [3.05, 3.63) is 35.9 Å². The molecule has 120 valence electrons. The zero-order valence-corrected chi connectivity index (χ0v) is 12.4. The first kappa shape index (κ1) is 17.8. The molecule has 0 spiro atoms. The largest absolute Gasteiger partial charge is 0.480 e. The van der Waals surface area contributed by atoms with Gasteiger partial charge >= 0.3 is 12.1 Å². The number of thiol groups is 1. The maximum atomic E-state index is 11.4. The molecule has 0 unspecified atom stereocenters. The number of rotatable bonds is 8. The Morgan fingerprint density at radius 2 is 1.91 bits per heavy atom. The summed E-state index contributed by atoms with van der Waals surface area (Å²) in [6.45, 7) is -0.485. The van der Waals surface area contributed by atoms with Crippen LogP contribution in [0.4, 0.5) is 4.79 Å². The first-order chi connectivity index (χ1) is 10.5. The van der Waals surface area contributed by atoms with Gasteiger partial charge < -0.3 is 15.2 Å². The van der Waals surface area contributed by atoms with Gasteiger partial charge in [-0.3, -0.25) is 9.63 Å². The van der Waals surface area contributed by atoms with E-state index in [1.807, 2.05) is 11.5 Å². The number of aliphatic carboxylic acids is 1. The topological polar surface area (TPSA) is 114 Å². The van der Waals surface area contributed by atoms with E-state index in [0.29, 0.717) is 0 Å². The van der Waals surface area contributed by atoms with Gasteiger partial charge in [-0.05, 0) is 5.56 Å². The summed E-state index contributed by atoms with van der Waals surface area (Å²) in [6.07, 6.45) is -0.861. The molecule has 1 rings (SSSR count). The predicted molar refractivity (Wildman–Crippen MR) is 79.1 cm³/mol. The summed E-state index contributed by atoms with van der Waals surface area (Å²) in [5.41, 5.74) is 2.72. The van der Waals surface area contributed by atoms with Crippen molar-refractivity contribution < 1.29 is 29.1 Å². The van der Waals surface area contributed by atoms with E-state index in [-0.39, 0.29) is 12.4 Å². The number of ether oxygens (including phenoxy) is 1. The third-order valence-corrected chi connectivity index (χ3v) is 2.75. The molecule has 0 radical (unpaired) electrons. The summed E-state index contributed by atoms with van der Waals surface area (Å²) in [6, 6.07) is 7.89. The normalized spacial score (nSPS) is 11.3. The van der Waals surface area contributed by atoms with Crippen molar-refractivity contribution in [3.63, 3.8) is 0 Å². The van der Waals surface area contributed by atoms with Gasteiger partial charge in [0.05, 0.1) is 0 Å². The van der Waals surface area contributed by atoms with E-state index in [1.165, 1.54) is 0 Å². The summed E-state index contributed by atoms with van der Waals surface area (Å²) in [7, 11) is 0. The fraction of sp³-hybridized carbons (Fsp3) is 0.308. The third-order valence-electron chi connectivity index (χ3n) is 2.39. The number of carbonyl (C=O) groups excluding carboxylic acids is 2. The number of carboxylic acids is 1. The minimum Gasteiger partial charge on any atom is -0.480 e. The molecule has 0 aromatic heterocycles. The highest BCUT2D eigenvalue weighted by Gasteiger charge is 2.18. The third kappa shape index (κ3) is 6.95. The number of hydrogen-bond acceptors (Lipinski definition) is 6. The molecule has 1 aromatic carbocycles. The van der Waals surface area contributed by atoms with Gasteiger partial charge in [-0.15, -0.1) is 0 Å². The Bertz CT molecular complexity index is 511. The molecule has 2 amide bonds. The van der Waals surface area contributed by atoms with E-state index < -0.39 is 30.6 Å². The van der Waals surface area contributed by atoms with Crippen LogP contribution in [0.2, 0.25) is 0 Å². The molecular weight excluding hydrogens is 312 g/mol. The molecule has 0 bridgehead atoms. The summed E-state index contributed by atoms with van der Waals surface area (Å²) < 4.78 is 4.84. The lowest BCUT2D eigenvalue weighted by molar-refractivity contribution is -0.142. The van der Waals surface area contributed by atoms with Gasteiger partial charge in [-0.25, -0.2) is 9.59 Å². The highest BCUT2D eigenvalue weighted by molar-refractivity contribution is 7.80. The average molecular weight is 328 g/mol. The summed E-state index contributed by atoms with van der Waals surface area (Å²) in [5.74, 6) is -1.98. The number of amides is 2. The van der Waals surface area contributed by atoms with Crippen molar-refractivity contribution in [1.29, 1.82) is 0 Å². The van der Waals surface area contributed by atoms with Crippen molar-refractivity contribution in [1.82, 2.24) is 10.8 Å². The molecule has 1 atom stereocenters. The van der Waals surface area contributed by atoms with Gasteiger partial charge in [0, 0.05) is 5.75 Å². The predicted octanol–water partition coefficient (Wildman–Crippen LogP) is 0.344. The molecule has 0 aliphatic rings. The van der Waals surface area contributed by atoms with Crippen LogP contribution < -0.4 is 10.8 Å². The van der Waals surface area contributed by atoms with Gasteiger partial charge in [-0.1, -0.05) is 30.3 Å². The summed E-state index contributed by atoms with van der Waals surface area (Å²) in [5, 5.41) is 10.9. The van der Waals surface area contributed by atoms with Crippen molar-refractivity contribution in [2.24, 2.45) is 0 Å². The molecule has 9 heteroatoms. The van der Waals surface area contributed by atoms with Gasteiger partial charge in [0.2, 0.25) is 5.91 Å². The van der Waals surface area contributed by atoms with Crippen molar-refractivity contribution in [2.45, 2.75) is 12.6 Å². The fourth-order valence-corrected chi connectivity index (χ4v) is 1.58. The monoisotopic (exact) mass is 328 g/mol. The van der Waals surface area contributed by atoms with Crippen LogP contribution in [0.25, 0.3) is 0 Å². The van der Waals surface area contributed by atoms with Crippen LogP contribution in [-0.4, -0.2) is 41.5 Å². The molecule has 0 heterocycles. The number of hydrogen-bond donors (Lipinski definition) is 4. The first-order valence-corrected chi connectivity index (χ1v) is 6.87. The van der Waals surface area contributed by atoms with Crippen LogP contribution in [0.15, 0.2) is 30.3 Å². The van der Waals surface area contributed by atoms with E-state index in [4.69, 9.17) is 9.84 Å². The molecule has 0 fully saturated rings. The van der Waals surface area contributed by atoms with Crippen LogP contribution in [0.5, 0.6) is 0 Å². The molecule has 22 heavy (non-hydrogen) atoms. The second-order valence-corrected chi connectivity index (χ2v) is 4.46. The van der Waals surface area contributed by atoms with Crippen LogP contribution >= 0.6 is 12.6 Å². The van der Waals surface area contributed by atoms with Crippen LogP contribution in [0, 0.1) is 0 Å². The fourth-order valence-electron chi connectivity index (χ4n) is 1.33. The molecule has 0 aliphatic carbocycles. The van der Waals surface area contributed by atoms with Crippen molar-refractivity contribution in [2.75, 3.05) is 12.4 Å². The Labute approximate surface area is 132 Å². The summed E-state index contributed by atoms with van der Waals surface area (Å²) >= 11 is 3.79. The molecular formula is C13H16N2O6S. The average Bonchev–Trinajstić information content (AvgIpc) is 2.51. The second-order valence-electron chi connectivity index (χ2n) is 4.09. The Balaban J connectivity index is 2.19. The zero-order valence-electron chi connectivity index (χ0n) is 11.5. The van der Waals surface area contributed by atoms with Crippen LogP contribution in [0.3, 0.4) is 0 Å². The lowest BCUT2D eigenvalue weighted by Gasteiger charge is -2.12. The van der Waals surface area contributed by atoms with E-state index >= 15 is 0 Å². The van der Waals surface area contributed by atoms with Crippen molar-refractivity contribution in [3.8, 4) is 0 Å². The smallest absolute Gasteiger partial charge is 0.431 e. The molecule has 0 saturated carbocycles. The van der Waals surface area contributed by atoms with E-state index in [9.17, 15) is 14.4 Å². The lowest BCUT2D eigenvalue weighted by Crippen LogP contribution is -2.44. The standard InChI is InChI=1S/C13H16N2O6S/c16-11(14-10(8-22)12(17)18)7-21-15-13(19)20-6-9-4-2-1-3-5-9/h1-5,10,22H,6-8H2,(H,14,16)(H,15,19)(H,17,18)/t10-/m0/s1. The molecule has 0 aliphatic heterocycles. The SMILES string of the molecule is O=C(CONC(=O)OCc1ccccc1)N[C@@H](CS)C(=O)O. The van der Waals surface area contributed by atoms with Crippen LogP contribution in [-0.2, 0) is 25.8 Å². The van der Waals surface area contributed by atoms with Gasteiger partial charge in [0.25, 0.3) is 0 Å².